The Morgan fingerprint density at radius 1 is 1.21 bits per heavy atom. The highest BCUT2D eigenvalue weighted by Gasteiger charge is 2.21. The van der Waals surface area contributed by atoms with E-state index in [4.69, 9.17) is 0 Å². The molecule has 1 aliphatic rings. The number of esters is 1. The molecule has 1 heterocycles. The lowest BCUT2D eigenvalue weighted by Crippen LogP contribution is -1.90. The van der Waals surface area contributed by atoms with E-state index in [0.717, 1.165) is 5.56 Å². The zero-order valence-electron chi connectivity index (χ0n) is 7.24. The van der Waals surface area contributed by atoms with Crippen molar-refractivity contribution in [1.29, 1.82) is 0 Å². The average Bonchev–Trinajstić information content (AvgIpc) is 2.61. The van der Waals surface area contributed by atoms with Gasteiger partial charge >= 0.3 is 5.97 Å². The molecule has 0 saturated carbocycles. The number of hydrogen-bond acceptors (Lipinski definition) is 2. The fourth-order valence-corrected chi connectivity index (χ4v) is 1.31. The minimum Gasteiger partial charge on any atom is -0.420 e. The average molecular weight is 190 g/mol. The number of carbonyl (C=O) groups excluding carboxylic acids is 1. The lowest BCUT2D eigenvalue weighted by molar-refractivity contribution is -0.132. The van der Waals surface area contributed by atoms with Crippen molar-refractivity contribution in [2.45, 2.75) is 0 Å². The Balaban J connectivity index is 2.44. The SMILES string of the molecule is O=C1C=C(c2ccccc2)/C(=C/F)O1. The van der Waals surface area contributed by atoms with E-state index in [2.05, 4.69) is 4.74 Å². The minimum atomic E-state index is -0.534. The molecule has 0 N–H and O–H groups in total. The molecule has 0 spiro atoms. The highest BCUT2D eigenvalue weighted by Crippen LogP contribution is 2.29. The number of cyclic esters (lactones) is 1. The number of allylic oxidation sites excluding steroid dienone is 1. The van der Waals surface area contributed by atoms with Gasteiger partial charge in [0.15, 0.2) is 5.76 Å². The van der Waals surface area contributed by atoms with Crippen LogP contribution in [0, 0.1) is 0 Å². The van der Waals surface area contributed by atoms with E-state index in [1.807, 2.05) is 18.2 Å². The fourth-order valence-electron chi connectivity index (χ4n) is 1.31. The van der Waals surface area contributed by atoms with E-state index in [1.54, 1.807) is 12.1 Å². The maximum Gasteiger partial charge on any atom is 0.337 e. The molecule has 1 aromatic rings. The van der Waals surface area contributed by atoms with Crippen LogP contribution in [0.2, 0.25) is 0 Å². The lowest BCUT2D eigenvalue weighted by atomic mass is 10.1. The van der Waals surface area contributed by atoms with Crippen LogP contribution in [0.4, 0.5) is 4.39 Å². The third-order valence-electron chi connectivity index (χ3n) is 1.92. The van der Waals surface area contributed by atoms with E-state index in [1.165, 1.54) is 6.08 Å². The Bertz CT molecular complexity index is 418. The maximum atomic E-state index is 12.3. The maximum absolute atomic E-state index is 12.3. The van der Waals surface area contributed by atoms with Gasteiger partial charge in [-0.1, -0.05) is 30.3 Å². The first kappa shape index (κ1) is 8.69. The quantitative estimate of drug-likeness (QED) is 0.636. The van der Waals surface area contributed by atoms with E-state index in [9.17, 15) is 9.18 Å². The number of benzene rings is 1. The molecule has 0 atom stereocenters. The number of hydrogen-bond donors (Lipinski definition) is 0. The lowest BCUT2D eigenvalue weighted by Gasteiger charge is -2.01. The van der Waals surface area contributed by atoms with Crippen molar-refractivity contribution in [3.8, 4) is 0 Å². The molecule has 70 valence electrons. The van der Waals surface area contributed by atoms with Crippen LogP contribution in [0.5, 0.6) is 0 Å². The van der Waals surface area contributed by atoms with E-state index in [-0.39, 0.29) is 5.76 Å². The van der Waals surface area contributed by atoms with Gasteiger partial charge < -0.3 is 4.74 Å². The van der Waals surface area contributed by atoms with Gasteiger partial charge in [-0.2, -0.15) is 0 Å². The molecular formula is C11H7FO2. The highest BCUT2D eigenvalue weighted by molar-refractivity contribution is 6.01. The van der Waals surface area contributed by atoms with Gasteiger partial charge in [0, 0.05) is 11.6 Å². The Kier molecular flexibility index (Phi) is 2.14. The second-order valence-corrected chi connectivity index (χ2v) is 2.82. The summed E-state index contributed by atoms with van der Waals surface area (Å²) in [7, 11) is 0. The molecule has 1 aromatic carbocycles. The largest absolute Gasteiger partial charge is 0.420 e. The molecule has 0 amide bonds. The molecule has 0 unspecified atom stereocenters. The van der Waals surface area contributed by atoms with Gasteiger partial charge in [0.2, 0.25) is 0 Å². The van der Waals surface area contributed by atoms with E-state index >= 15 is 0 Å². The van der Waals surface area contributed by atoms with Gasteiger partial charge in [-0.15, -0.1) is 0 Å². The van der Waals surface area contributed by atoms with E-state index < -0.39 is 5.97 Å². The van der Waals surface area contributed by atoms with Gasteiger partial charge in [-0.25, -0.2) is 9.18 Å². The summed E-state index contributed by atoms with van der Waals surface area (Å²) in [4.78, 5) is 10.9. The third-order valence-corrected chi connectivity index (χ3v) is 1.92. The monoisotopic (exact) mass is 190 g/mol. The minimum absolute atomic E-state index is 0.0267. The predicted molar refractivity (Wildman–Crippen MR) is 49.7 cm³/mol. The zero-order valence-corrected chi connectivity index (χ0v) is 7.24. The number of ether oxygens (including phenoxy) is 1. The van der Waals surface area contributed by atoms with Gasteiger partial charge in [0.05, 0.1) is 0 Å². The van der Waals surface area contributed by atoms with Crippen molar-refractivity contribution < 1.29 is 13.9 Å². The Labute approximate surface area is 80.3 Å². The number of carbonyl (C=O) groups is 1. The standard InChI is InChI=1S/C11H7FO2/c12-7-10-9(6-11(13)14-10)8-4-2-1-3-5-8/h1-7H/b10-7-. The first-order chi connectivity index (χ1) is 6.81. The Hall–Kier alpha value is -1.90. The van der Waals surface area contributed by atoms with Crippen molar-refractivity contribution in [1.82, 2.24) is 0 Å². The first-order valence-electron chi connectivity index (χ1n) is 4.11. The summed E-state index contributed by atoms with van der Waals surface area (Å²) in [5, 5.41) is 0. The Morgan fingerprint density at radius 2 is 1.93 bits per heavy atom. The first-order valence-corrected chi connectivity index (χ1v) is 4.11. The summed E-state index contributed by atoms with van der Waals surface area (Å²) in [5.74, 6) is -0.561. The van der Waals surface area contributed by atoms with Crippen LogP contribution in [-0.2, 0) is 9.53 Å². The molecule has 0 fully saturated rings. The van der Waals surface area contributed by atoms with Crippen molar-refractivity contribution in [2.24, 2.45) is 0 Å². The molecular weight excluding hydrogens is 183 g/mol. The van der Waals surface area contributed by atoms with E-state index in [0.29, 0.717) is 11.9 Å². The topological polar surface area (TPSA) is 26.3 Å². The molecule has 1 aliphatic heterocycles. The van der Waals surface area contributed by atoms with Crippen LogP contribution in [0.3, 0.4) is 0 Å². The van der Waals surface area contributed by atoms with Crippen molar-refractivity contribution in [3.63, 3.8) is 0 Å². The second kappa shape index (κ2) is 3.46. The van der Waals surface area contributed by atoms with Crippen molar-refractivity contribution in [2.75, 3.05) is 0 Å². The van der Waals surface area contributed by atoms with Gasteiger partial charge in [-0.3, -0.25) is 0 Å². The zero-order chi connectivity index (χ0) is 9.97. The molecule has 14 heavy (non-hydrogen) atoms. The molecule has 0 aromatic heterocycles. The van der Waals surface area contributed by atoms with Crippen LogP contribution >= 0.6 is 0 Å². The third kappa shape index (κ3) is 1.44. The highest BCUT2D eigenvalue weighted by atomic mass is 19.1. The van der Waals surface area contributed by atoms with Crippen LogP contribution in [-0.4, -0.2) is 5.97 Å². The summed E-state index contributed by atoms with van der Waals surface area (Å²) in [5.41, 5.74) is 1.25. The molecule has 0 radical (unpaired) electrons. The second-order valence-electron chi connectivity index (χ2n) is 2.82. The van der Waals surface area contributed by atoms with Crippen molar-refractivity contribution in [3.05, 3.63) is 54.1 Å². The summed E-state index contributed by atoms with van der Waals surface area (Å²) in [6.45, 7) is 0. The summed E-state index contributed by atoms with van der Waals surface area (Å²) in [6.07, 6.45) is 1.57. The normalized spacial score (nSPS) is 18.2. The molecule has 2 rings (SSSR count). The van der Waals surface area contributed by atoms with Gasteiger partial charge in [0.25, 0.3) is 0 Å². The summed E-state index contributed by atoms with van der Waals surface area (Å²) in [6, 6.07) is 9.05. The van der Waals surface area contributed by atoms with Crippen LogP contribution < -0.4 is 0 Å². The summed E-state index contributed by atoms with van der Waals surface area (Å²) >= 11 is 0. The summed E-state index contributed by atoms with van der Waals surface area (Å²) < 4.78 is 17.0. The van der Waals surface area contributed by atoms with Crippen molar-refractivity contribution >= 4 is 11.5 Å². The Morgan fingerprint density at radius 3 is 2.57 bits per heavy atom. The van der Waals surface area contributed by atoms with Crippen LogP contribution in [0.25, 0.3) is 5.57 Å². The predicted octanol–water partition coefficient (Wildman–Crippen LogP) is 2.44. The fraction of sp³-hybridized carbons (Fsp3) is 0. The molecule has 0 bridgehead atoms. The molecule has 2 nitrogen and oxygen atoms in total. The van der Waals surface area contributed by atoms with Gasteiger partial charge in [0.1, 0.15) is 6.33 Å². The molecule has 3 heteroatoms. The van der Waals surface area contributed by atoms with Gasteiger partial charge in [-0.05, 0) is 5.56 Å². The smallest absolute Gasteiger partial charge is 0.337 e. The van der Waals surface area contributed by atoms with Crippen LogP contribution in [0.1, 0.15) is 5.56 Å². The molecule has 0 aliphatic carbocycles. The number of rotatable bonds is 1. The number of halogens is 1. The van der Waals surface area contributed by atoms with Crippen LogP contribution in [0.15, 0.2) is 48.5 Å². The molecule has 0 saturated heterocycles.